The van der Waals surface area contributed by atoms with Crippen LogP contribution in [-0.2, 0) is 11.2 Å². The summed E-state index contributed by atoms with van der Waals surface area (Å²) in [6, 6.07) is 13.1. The maximum atomic E-state index is 11.6. The number of ether oxygens (including phenoxy) is 1. The van der Waals surface area contributed by atoms with E-state index in [0.29, 0.717) is 6.61 Å². The van der Waals surface area contributed by atoms with Crippen molar-refractivity contribution >= 4 is 12.0 Å². The van der Waals surface area contributed by atoms with E-state index in [9.17, 15) is 5.11 Å². The largest absolute Gasteiger partial charge is 0.368 e. The summed E-state index contributed by atoms with van der Waals surface area (Å²) in [5.41, 5.74) is 6.40. The average Bonchev–Trinajstić information content (AvgIpc) is 3.09. The molecule has 1 fully saturated rings. The first-order valence-corrected chi connectivity index (χ1v) is 9.79. The lowest BCUT2D eigenvalue weighted by Gasteiger charge is -2.35. The van der Waals surface area contributed by atoms with Gasteiger partial charge in [-0.2, -0.15) is 4.90 Å². The molecule has 1 aliphatic carbocycles. The lowest BCUT2D eigenvalue weighted by atomic mass is 9.97. The fourth-order valence-electron chi connectivity index (χ4n) is 5.37. The van der Waals surface area contributed by atoms with Crippen molar-refractivity contribution in [2.45, 2.75) is 58.0 Å². The third-order valence-corrected chi connectivity index (χ3v) is 6.54. The summed E-state index contributed by atoms with van der Waals surface area (Å²) in [6.45, 7) is 8.82. The van der Waals surface area contributed by atoms with Crippen molar-refractivity contribution in [3.63, 3.8) is 0 Å². The van der Waals surface area contributed by atoms with Crippen molar-refractivity contribution in [2.75, 3.05) is 11.5 Å². The summed E-state index contributed by atoms with van der Waals surface area (Å²) in [4.78, 5) is 2.06. The van der Waals surface area contributed by atoms with Crippen LogP contribution in [0.4, 0.5) is 5.69 Å². The summed E-state index contributed by atoms with van der Waals surface area (Å²) in [5, 5.41) is 11.6. The zero-order chi connectivity index (χ0) is 18.9. The minimum atomic E-state index is -1.02. The van der Waals surface area contributed by atoms with Gasteiger partial charge in [-0.3, -0.25) is 0 Å². The van der Waals surface area contributed by atoms with Crippen LogP contribution < -0.4 is 4.90 Å². The minimum absolute atomic E-state index is 0.0926. The molecule has 0 radical (unpaired) electrons. The lowest BCUT2D eigenvalue weighted by Crippen LogP contribution is -2.56. The fraction of sp³-hybridized carbons (Fsp3) is 0.435. The van der Waals surface area contributed by atoms with Crippen LogP contribution in [0.15, 0.2) is 36.4 Å². The number of aliphatic hydroxyl groups is 1. The quantitative estimate of drug-likeness (QED) is 0.790. The highest BCUT2D eigenvalue weighted by molar-refractivity contribution is 5.83. The summed E-state index contributed by atoms with van der Waals surface area (Å²) >= 11 is 0. The van der Waals surface area contributed by atoms with Gasteiger partial charge in [-0.05, 0) is 37.5 Å². The second kappa shape index (κ2) is 5.66. The van der Waals surface area contributed by atoms with E-state index in [1.165, 1.54) is 27.8 Å². The molecule has 5 rings (SSSR count). The molecule has 0 bridgehead atoms. The molecule has 2 unspecified atom stereocenters. The molecule has 4 atom stereocenters. The zero-order valence-electron chi connectivity index (χ0n) is 16.4. The highest BCUT2D eigenvalue weighted by Gasteiger charge is 2.59. The maximum absolute atomic E-state index is 11.6. The van der Waals surface area contributed by atoms with Crippen molar-refractivity contribution in [3.05, 3.63) is 64.2 Å². The number of hydrogen-bond donors (Lipinski definition) is 1. The van der Waals surface area contributed by atoms with Crippen LogP contribution in [0.2, 0.25) is 0 Å². The molecule has 2 heterocycles. The predicted molar refractivity (Wildman–Crippen MR) is 106 cm³/mol. The third kappa shape index (κ3) is 2.33. The highest BCUT2D eigenvalue weighted by atomic mass is 16.5. The summed E-state index contributed by atoms with van der Waals surface area (Å²) in [5.74, 6) is 0. The van der Waals surface area contributed by atoms with E-state index in [1.54, 1.807) is 0 Å². The lowest BCUT2D eigenvalue weighted by molar-refractivity contribution is -0.638. The van der Waals surface area contributed by atoms with E-state index >= 15 is 0 Å². The van der Waals surface area contributed by atoms with Gasteiger partial charge in [-0.15, -0.1) is 0 Å². The van der Waals surface area contributed by atoms with Crippen molar-refractivity contribution < 1.29 is 14.4 Å². The molecule has 0 spiro atoms. The van der Waals surface area contributed by atoms with Gasteiger partial charge in [0.25, 0.3) is 5.72 Å². The Balaban J connectivity index is 1.65. The van der Waals surface area contributed by atoms with Gasteiger partial charge in [0, 0.05) is 18.9 Å². The van der Waals surface area contributed by atoms with Crippen LogP contribution in [0, 0.1) is 20.8 Å². The fourth-order valence-corrected chi connectivity index (χ4v) is 5.37. The van der Waals surface area contributed by atoms with Crippen LogP contribution >= 0.6 is 0 Å². The molecule has 0 amide bonds. The van der Waals surface area contributed by atoms with E-state index in [1.807, 2.05) is 6.92 Å². The molecule has 2 aliphatic heterocycles. The number of morpholine rings is 1. The molecule has 1 saturated heterocycles. The van der Waals surface area contributed by atoms with E-state index < -0.39 is 5.72 Å². The van der Waals surface area contributed by atoms with Crippen molar-refractivity contribution in [3.8, 4) is 0 Å². The molecule has 140 valence electrons. The van der Waals surface area contributed by atoms with Gasteiger partial charge in [0.2, 0.25) is 6.34 Å². The molecule has 0 aromatic heterocycles. The van der Waals surface area contributed by atoms with Crippen molar-refractivity contribution in [2.24, 2.45) is 0 Å². The normalized spacial score (nSPS) is 31.4. The third-order valence-electron chi connectivity index (χ3n) is 6.54. The Labute approximate surface area is 160 Å². The highest BCUT2D eigenvalue weighted by Crippen LogP contribution is 2.44. The first kappa shape index (κ1) is 17.0. The first-order valence-electron chi connectivity index (χ1n) is 9.79. The summed E-state index contributed by atoms with van der Waals surface area (Å²) < 4.78 is 8.60. The van der Waals surface area contributed by atoms with Gasteiger partial charge in [-0.1, -0.05) is 42.0 Å². The van der Waals surface area contributed by atoms with E-state index in [-0.39, 0.29) is 18.2 Å². The van der Waals surface area contributed by atoms with Crippen LogP contribution in [0.3, 0.4) is 0 Å². The summed E-state index contributed by atoms with van der Waals surface area (Å²) in [6.07, 6.45) is 3.24. The molecular formula is C23H27N2O2+. The molecular weight excluding hydrogens is 336 g/mol. The maximum Gasteiger partial charge on any atom is 0.250 e. The number of fused-ring (bicyclic) bond motifs is 5. The van der Waals surface area contributed by atoms with Gasteiger partial charge < -0.3 is 9.84 Å². The SMILES string of the molecule is Cc1cc(C)c(N2C=[N+]3C(CO[C@H]4Cc5ccccc5[C@H]43)C2(C)O)c(C)c1. The van der Waals surface area contributed by atoms with Crippen LogP contribution in [0.5, 0.6) is 0 Å². The smallest absolute Gasteiger partial charge is 0.250 e. The number of anilines is 1. The Kier molecular flexibility index (Phi) is 3.56. The van der Waals surface area contributed by atoms with Crippen LogP contribution in [0.1, 0.15) is 40.8 Å². The Hall–Kier alpha value is -2.17. The molecule has 4 heteroatoms. The van der Waals surface area contributed by atoms with Gasteiger partial charge in [0.15, 0.2) is 6.04 Å². The Bertz CT molecular complexity index is 940. The standard InChI is InChI=1S/C23H27N2O2/c1-14-9-15(2)21(16(3)10-14)25-13-24-20(23(25,4)26)12-27-19-11-17-7-5-6-8-18(17)22(19)24/h5-10,13,19-20,22,26H,11-12H2,1-4H3/q+1/t19-,20?,22+,23?/m0/s1. The van der Waals surface area contributed by atoms with Gasteiger partial charge in [0.1, 0.15) is 17.8 Å². The second-order valence-corrected chi connectivity index (χ2v) is 8.51. The molecule has 4 nitrogen and oxygen atoms in total. The summed E-state index contributed by atoms with van der Waals surface area (Å²) in [7, 11) is 0. The van der Waals surface area contributed by atoms with Gasteiger partial charge in [-0.25, -0.2) is 4.58 Å². The molecule has 0 saturated carbocycles. The molecule has 1 N–H and O–H groups in total. The number of benzene rings is 2. The second-order valence-electron chi connectivity index (χ2n) is 8.51. The molecule has 2 aromatic rings. The number of nitrogens with zero attached hydrogens (tertiary/aromatic N) is 2. The predicted octanol–water partition coefficient (Wildman–Crippen LogP) is 3.25. The van der Waals surface area contributed by atoms with E-state index in [2.05, 4.69) is 73.0 Å². The van der Waals surface area contributed by atoms with Gasteiger partial charge in [0.05, 0.1) is 6.61 Å². The Morgan fingerprint density at radius 1 is 1.15 bits per heavy atom. The number of hydrogen-bond acceptors (Lipinski definition) is 3. The first-order chi connectivity index (χ1) is 12.9. The molecule has 2 aromatic carbocycles. The molecule has 27 heavy (non-hydrogen) atoms. The van der Waals surface area contributed by atoms with Crippen molar-refractivity contribution in [1.82, 2.24) is 0 Å². The number of rotatable bonds is 1. The van der Waals surface area contributed by atoms with Crippen LogP contribution in [0.25, 0.3) is 0 Å². The van der Waals surface area contributed by atoms with Gasteiger partial charge >= 0.3 is 0 Å². The number of aryl methyl sites for hydroxylation is 3. The Morgan fingerprint density at radius 3 is 2.59 bits per heavy atom. The minimum Gasteiger partial charge on any atom is -0.368 e. The van der Waals surface area contributed by atoms with Crippen LogP contribution in [-0.4, -0.2) is 40.5 Å². The zero-order valence-corrected chi connectivity index (χ0v) is 16.4. The molecule has 3 aliphatic rings. The average molecular weight is 363 g/mol. The van der Waals surface area contributed by atoms with E-state index in [0.717, 1.165) is 12.1 Å². The monoisotopic (exact) mass is 363 g/mol. The van der Waals surface area contributed by atoms with Crippen molar-refractivity contribution in [1.29, 1.82) is 0 Å². The Morgan fingerprint density at radius 2 is 1.85 bits per heavy atom. The topological polar surface area (TPSA) is 35.7 Å². The van der Waals surface area contributed by atoms with E-state index in [4.69, 9.17) is 4.74 Å².